The van der Waals surface area contributed by atoms with E-state index in [9.17, 15) is 10.8 Å². The normalized spacial score (nSPS) is 13.5. The Hall–Kier alpha value is -8.28. The summed E-state index contributed by atoms with van der Waals surface area (Å²) in [6.07, 6.45) is 3.98. The first-order valence-corrected chi connectivity index (χ1v) is 20.3. The van der Waals surface area contributed by atoms with Crippen molar-refractivity contribution in [2.24, 2.45) is 9.98 Å². The summed E-state index contributed by atoms with van der Waals surface area (Å²) in [5.74, 6) is 0.540. The lowest BCUT2D eigenvalue weighted by Crippen LogP contribution is -2.20. The summed E-state index contributed by atoms with van der Waals surface area (Å²) < 4.78 is 0. The molecule has 288 valence electrons. The Morgan fingerprint density at radius 2 is 1.00 bits per heavy atom. The second-order valence-corrected chi connectivity index (χ2v) is 15.0. The molecule has 1 heterocycles. The Balaban J connectivity index is 1.02. The van der Waals surface area contributed by atoms with Gasteiger partial charge >= 0.3 is 0 Å². The summed E-state index contributed by atoms with van der Waals surface area (Å²) in [6.45, 7) is 0. The molecule has 0 radical (unpaired) electrons. The molecule has 9 aromatic carbocycles. The van der Waals surface area contributed by atoms with Crippen LogP contribution in [-0.2, 0) is 0 Å². The first-order valence-electron chi connectivity index (χ1n) is 20.3. The van der Waals surface area contributed by atoms with E-state index in [-0.39, 0.29) is 5.84 Å². The number of benzene rings is 9. The minimum absolute atomic E-state index is 0.0947. The van der Waals surface area contributed by atoms with Gasteiger partial charge in [0.15, 0.2) is 11.7 Å². The highest BCUT2D eigenvalue weighted by molar-refractivity contribution is 6.36. The molecule has 0 fully saturated rings. The molecule has 0 spiro atoms. The van der Waals surface area contributed by atoms with Crippen LogP contribution in [0.2, 0.25) is 0 Å². The number of hydrogen-bond donors (Lipinski definition) is 3. The van der Waals surface area contributed by atoms with Gasteiger partial charge in [-0.25, -0.2) is 9.98 Å². The third-order valence-corrected chi connectivity index (χ3v) is 11.2. The van der Waals surface area contributed by atoms with E-state index in [1.807, 2.05) is 121 Å². The highest BCUT2D eigenvalue weighted by atomic mass is 15.0. The Bertz CT molecular complexity index is 3250. The van der Waals surface area contributed by atoms with Crippen molar-refractivity contribution in [3.63, 3.8) is 0 Å². The number of fused-ring (bicyclic) bond motifs is 7. The second kappa shape index (κ2) is 16.2. The van der Waals surface area contributed by atoms with Gasteiger partial charge in [-0.3, -0.25) is 10.8 Å². The molecular formula is C56H39N5. The molecule has 5 heteroatoms. The van der Waals surface area contributed by atoms with Gasteiger partial charge in [0, 0.05) is 39.7 Å². The number of allylic oxidation sites excluding steroid dienone is 1. The van der Waals surface area contributed by atoms with Gasteiger partial charge in [-0.15, -0.1) is 0 Å². The fraction of sp³-hybridized carbons (Fsp3) is 0. The number of aliphatic imine (C=N–C) groups is 2. The van der Waals surface area contributed by atoms with Crippen LogP contribution in [0.3, 0.4) is 0 Å². The predicted octanol–water partition coefficient (Wildman–Crippen LogP) is 13.1. The third kappa shape index (κ3) is 7.26. The van der Waals surface area contributed by atoms with Gasteiger partial charge in [0.25, 0.3) is 0 Å². The smallest absolute Gasteiger partial charge is 0.161 e. The topological polar surface area (TPSA) is 84.5 Å². The Kier molecular flexibility index (Phi) is 9.81. The summed E-state index contributed by atoms with van der Waals surface area (Å²) in [5.41, 5.74) is 10.1. The van der Waals surface area contributed by atoms with Crippen molar-refractivity contribution >= 4 is 79.0 Å². The van der Waals surface area contributed by atoms with Crippen LogP contribution in [0.4, 0.5) is 0 Å². The van der Waals surface area contributed by atoms with Gasteiger partial charge in [0.1, 0.15) is 0 Å². The van der Waals surface area contributed by atoms with Crippen molar-refractivity contribution < 1.29 is 0 Å². The average molecular weight is 782 g/mol. The van der Waals surface area contributed by atoms with E-state index in [2.05, 4.69) is 102 Å². The molecule has 9 aromatic rings. The van der Waals surface area contributed by atoms with Crippen LogP contribution in [0.25, 0.3) is 55.4 Å². The summed E-state index contributed by atoms with van der Waals surface area (Å²) >= 11 is 0. The van der Waals surface area contributed by atoms with E-state index in [0.29, 0.717) is 17.1 Å². The van der Waals surface area contributed by atoms with Crippen molar-refractivity contribution in [1.82, 2.24) is 5.32 Å². The van der Waals surface area contributed by atoms with Crippen LogP contribution < -0.4 is 5.32 Å². The summed E-state index contributed by atoms with van der Waals surface area (Å²) in [5, 5.41) is 29.8. The zero-order valence-electron chi connectivity index (χ0n) is 33.2. The molecule has 1 aliphatic heterocycles. The quantitative estimate of drug-likeness (QED) is 0.0840. The maximum atomic E-state index is 9.51. The SMILES string of the molecule is N=C(N=C(N=Cc1ccc2c3ccccc3c3ccccc3c2c1)c1ccccc1)c1cccc(C2=Cc3ccccc3/C(=C(/C(=N)c3ccccc3)c3ccccc3)N2)c1. The van der Waals surface area contributed by atoms with Crippen LogP contribution in [0.5, 0.6) is 0 Å². The number of amidine groups is 2. The molecular weight excluding hydrogens is 743 g/mol. The van der Waals surface area contributed by atoms with Crippen LogP contribution in [0.15, 0.2) is 216 Å². The lowest BCUT2D eigenvalue weighted by molar-refractivity contribution is 1.22. The molecule has 0 amide bonds. The molecule has 10 rings (SSSR count). The summed E-state index contributed by atoms with van der Waals surface area (Å²) in [7, 11) is 0. The van der Waals surface area contributed by atoms with Crippen molar-refractivity contribution in [1.29, 1.82) is 10.8 Å². The zero-order valence-corrected chi connectivity index (χ0v) is 33.2. The van der Waals surface area contributed by atoms with E-state index in [4.69, 9.17) is 9.98 Å². The molecule has 0 unspecified atom stereocenters. The van der Waals surface area contributed by atoms with Crippen LogP contribution in [-0.4, -0.2) is 23.6 Å². The molecule has 0 aliphatic carbocycles. The predicted molar refractivity (Wildman–Crippen MR) is 257 cm³/mol. The van der Waals surface area contributed by atoms with Gasteiger partial charge < -0.3 is 5.32 Å². The lowest BCUT2D eigenvalue weighted by Gasteiger charge is -2.26. The van der Waals surface area contributed by atoms with E-state index < -0.39 is 0 Å². The average Bonchev–Trinajstić information content (AvgIpc) is 3.33. The maximum absolute atomic E-state index is 9.51. The van der Waals surface area contributed by atoms with Crippen LogP contribution >= 0.6 is 0 Å². The van der Waals surface area contributed by atoms with Crippen LogP contribution in [0, 0.1) is 10.8 Å². The molecule has 0 saturated heterocycles. The Morgan fingerprint density at radius 3 is 1.67 bits per heavy atom. The van der Waals surface area contributed by atoms with Gasteiger partial charge in [0.2, 0.25) is 0 Å². The molecule has 0 atom stereocenters. The Morgan fingerprint density at radius 1 is 0.459 bits per heavy atom. The molecule has 0 bridgehead atoms. The monoisotopic (exact) mass is 781 g/mol. The largest absolute Gasteiger partial charge is 0.354 e. The molecule has 61 heavy (non-hydrogen) atoms. The van der Waals surface area contributed by atoms with E-state index in [1.165, 1.54) is 32.3 Å². The third-order valence-electron chi connectivity index (χ3n) is 11.2. The molecule has 0 saturated carbocycles. The number of nitrogens with one attached hydrogen (secondary N) is 3. The van der Waals surface area contributed by atoms with Crippen molar-refractivity contribution in [2.45, 2.75) is 0 Å². The number of nitrogens with zero attached hydrogens (tertiary/aromatic N) is 2. The maximum Gasteiger partial charge on any atom is 0.161 e. The minimum Gasteiger partial charge on any atom is -0.354 e. The minimum atomic E-state index is 0.0947. The van der Waals surface area contributed by atoms with Crippen molar-refractivity contribution in [3.8, 4) is 0 Å². The van der Waals surface area contributed by atoms with Crippen molar-refractivity contribution in [3.05, 3.63) is 251 Å². The first-order chi connectivity index (χ1) is 30.1. The fourth-order valence-corrected chi connectivity index (χ4v) is 8.27. The molecule has 3 N–H and O–H groups in total. The fourth-order valence-electron chi connectivity index (χ4n) is 8.27. The van der Waals surface area contributed by atoms with Crippen molar-refractivity contribution in [2.75, 3.05) is 0 Å². The zero-order chi connectivity index (χ0) is 41.1. The number of hydrogen-bond acceptors (Lipinski definition) is 3. The van der Waals surface area contributed by atoms with E-state index in [0.717, 1.165) is 55.9 Å². The van der Waals surface area contributed by atoms with Gasteiger partial charge in [0.05, 0.1) is 11.4 Å². The standard InChI is InChI=1S/C56H39N5/c57-53(39-19-6-2-7-20-39)52(38-17-4-1-5-18-38)54-44-26-11-10-23-41(44)35-51(60-54)42-24-16-25-43(34-42)55(58)61-56(40-21-8-3-9-22-40)59-36-37-31-32-49-47-29-13-12-27-45(47)46-28-14-15-30-48(46)50(49)33-37/h1-36,57-58,60H/b54-52-,57-53?,58-55?,59-36?,61-56?. The van der Waals surface area contributed by atoms with Gasteiger partial charge in [-0.05, 0) is 72.8 Å². The van der Waals surface area contributed by atoms with Gasteiger partial charge in [-0.2, -0.15) is 0 Å². The van der Waals surface area contributed by atoms with Crippen LogP contribution in [0.1, 0.15) is 44.5 Å². The Labute approximate surface area is 354 Å². The van der Waals surface area contributed by atoms with Gasteiger partial charge in [-0.1, -0.05) is 194 Å². The number of rotatable bonds is 7. The van der Waals surface area contributed by atoms with E-state index in [1.54, 1.807) is 0 Å². The van der Waals surface area contributed by atoms with E-state index >= 15 is 0 Å². The molecule has 0 aromatic heterocycles. The first kappa shape index (κ1) is 37.0. The lowest BCUT2D eigenvalue weighted by atomic mass is 9.88. The molecule has 1 aliphatic rings. The summed E-state index contributed by atoms with van der Waals surface area (Å²) in [6, 6.07) is 69.6. The highest BCUT2D eigenvalue weighted by Gasteiger charge is 2.24. The second-order valence-electron chi connectivity index (χ2n) is 15.0. The molecule has 5 nitrogen and oxygen atoms in total. The highest BCUT2D eigenvalue weighted by Crippen LogP contribution is 2.37. The summed E-state index contributed by atoms with van der Waals surface area (Å²) in [4.78, 5) is 9.82.